The number of carbonyl (C=O) groups excluding carboxylic acids is 3. The van der Waals surface area contributed by atoms with Crippen LogP contribution < -0.4 is 4.90 Å². The minimum Gasteiger partial charge on any atom is -0.368 e. The zero-order valence-electron chi connectivity index (χ0n) is 24.1. The molecule has 3 saturated heterocycles. The monoisotopic (exact) mass is 601 g/mol. The Labute approximate surface area is 252 Å². The highest BCUT2D eigenvalue weighted by Gasteiger charge is 2.67. The van der Waals surface area contributed by atoms with Crippen molar-refractivity contribution in [2.24, 2.45) is 41.4 Å². The van der Waals surface area contributed by atoms with Crippen LogP contribution in [0.25, 0.3) is 0 Å². The van der Waals surface area contributed by atoms with Gasteiger partial charge >= 0.3 is 6.03 Å². The van der Waals surface area contributed by atoms with Gasteiger partial charge in [-0.3, -0.25) is 19.4 Å². The van der Waals surface area contributed by atoms with Gasteiger partial charge < -0.3 is 14.7 Å². The molecule has 6 unspecified atom stereocenters. The van der Waals surface area contributed by atoms with Crippen LogP contribution >= 0.6 is 23.2 Å². The first-order valence-electron chi connectivity index (χ1n) is 15.5. The van der Waals surface area contributed by atoms with E-state index in [0.717, 1.165) is 77.2 Å². The number of carbonyl (C=O) groups is 3. The van der Waals surface area contributed by atoms with Crippen molar-refractivity contribution >= 4 is 46.7 Å². The fourth-order valence-corrected chi connectivity index (χ4v) is 9.54. The molecule has 1 aromatic rings. The van der Waals surface area contributed by atoms with Gasteiger partial charge in [0.1, 0.15) is 0 Å². The molecule has 6 fully saturated rings. The molecule has 0 radical (unpaired) electrons. The van der Waals surface area contributed by atoms with Crippen molar-refractivity contribution in [3.8, 4) is 0 Å². The zero-order valence-corrected chi connectivity index (χ0v) is 25.6. The van der Waals surface area contributed by atoms with Gasteiger partial charge in [-0.05, 0) is 67.4 Å². The van der Waals surface area contributed by atoms with Crippen LogP contribution in [0.2, 0.25) is 10.0 Å². The van der Waals surface area contributed by atoms with Gasteiger partial charge in [-0.25, -0.2) is 4.79 Å². The number of piperazine rings is 1. The molecule has 4 amide bonds. The summed E-state index contributed by atoms with van der Waals surface area (Å²) in [4.78, 5) is 50.8. The first-order chi connectivity index (χ1) is 19.7. The maximum Gasteiger partial charge on any atom is 0.320 e. The Balaban J connectivity index is 0.936. The molecule has 0 spiro atoms. The number of rotatable bonds is 6. The van der Waals surface area contributed by atoms with E-state index in [9.17, 15) is 14.4 Å². The second kappa shape index (κ2) is 10.6. The molecule has 0 aromatic heterocycles. The molecule has 3 aliphatic carbocycles. The Morgan fingerprint density at radius 2 is 1.56 bits per heavy atom. The van der Waals surface area contributed by atoms with Gasteiger partial charge in [0.05, 0.1) is 27.6 Å². The van der Waals surface area contributed by atoms with Gasteiger partial charge in [-0.15, -0.1) is 0 Å². The Bertz CT molecular complexity index is 1230. The third-order valence-corrected chi connectivity index (χ3v) is 12.2. The molecule has 2 bridgehead atoms. The Kier molecular flexibility index (Phi) is 7.18. The lowest BCUT2D eigenvalue weighted by Gasteiger charge is -2.40. The summed E-state index contributed by atoms with van der Waals surface area (Å²) in [5.74, 6) is 1.12. The molecule has 3 heterocycles. The molecule has 10 heteroatoms. The molecule has 3 aliphatic heterocycles. The van der Waals surface area contributed by atoms with Gasteiger partial charge in [0, 0.05) is 65.4 Å². The van der Waals surface area contributed by atoms with Crippen molar-refractivity contribution in [3.63, 3.8) is 0 Å². The number of urea groups is 1. The summed E-state index contributed by atoms with van der Waals surface area (Å²) in [7, 11) is 1.91. The maximum absolute atomic E-state index is 13.7. The van der Waals surface area contributed by atoms with Gasteiger partial charge in [-0.2, -0.15) is 0 Å². The number of hydrogen-bond donors (Lipinski definition) is 0. The highest BCUT2D eigenvalue weighted by Crippen LogP contribution is 2.60. The molecule has 7 rings (SSSR count). The largest absolute Gasteiger partial charge is 0.368 e. The average molecular weight is 603 g/mol. The number of likely N-dealkylation sites (tertiary alicyclic amines) is 2. The van der Waals surface area contributed by atoms with Crippen molar-refractivity contribution in [1.29, 1.82) is 0 Å². The van der Waals surface area contributed by atoms with Crippen LogP contribution in [-0.2, 0) is 9.59 Å². The normalized spacial score (nSPS) is 36.4. The van der Waals surface area contributed by atoms with Crippen molar-refractivity contribution in [1.82, 2.24) is 19.6 Å². The van der Waals surface area contributed by atoms with Gasteiger partial charge in [0.2, 0.25) is 11.8 Å². The summed E-state index contributed by atoms with van der Waals surface area (Å²) in [6.45, 7) is 9.15. The molecular formula is C31H41Cl2N5O3. The standard InChI is InChI=1S/C31H41Cl2N5O3/c1-18-21-15-22(28(18)34(2)31(41)37-8-3-4-9-37)26-25(21)29(39)38(30(26)40)17-20-14-19(20)16-35-10-12-36(13-11-35)24-7-5-6-23(32)27(24)33/h5-7,18-22,25-26,28H,3-4,8-17H2,1-2H3/t18?,19-,20-,21?,22?,25?,26?,28?/m1/s1. The number of halogens is 2. The van der Waals surface area contributed by atoms with Crippen molar-refractivity contribution in [2.75, 3.05) is 64.3 Å². The lowest BCUT2D eigenvalue weighted by atomic mass is 9.72. The second-order valence-corrected chi connectivity index (χ2v) is 14.2. The van der Waals surface area contributed by atoms with Gasteiger partial charge in [0.15, 0.2) is 0 Å². The zero-order chi connectivity index (χ0) is 28.6. The summed E-state index contributed by atoms with van der Waals surface area (Å²) in [5.41, 5.74) is 0.997. The number of nitrogens with zero attached hydrogens (tertiary/aromatic N) is 5. The summed E-state index contributed by atoms with van der Waals surface area (Å²) < 4.78 is 0. The number of amides is 4. The van der Waals surface area contributed by atoms with E-state index in [1.807, 2.05) is 35.0 Å². The highest BCUT2D eigenvalue weighted by atomic mass is 35.5. The van der Waals surface area contributed by atoms with E-state index < -0.39 is 0 Å². The quantitative estimate of drug-likeness (QED) is 0.458. The minimum absolute atomic E-state index is 0.0316. The summed E-state index contributed by atoms with van der Waals surface area (Å²) in [5, 5.41) is 1.21. The molecule has 41 heavy (non-hydrogen) atoms. The fourth-order valence-electron chi connectivity index (χ4n) is 9.13. The summed E-state index contributed by atoms with van der Waals surface area (Å²) in [6.07, 6.45) is 4.09. The van der Waals surface area contributed by atoms with Crippen LogP contribution in [0, 0.1) is 41.4 Å². The topological polar surface area (TPSA) is 67.4 Å². The number of hydrogen-bond acceptors (Lipinski definition) is 5. The van der Waals surface area contributed by atoms with E-state index in [2.05, 4.69) is 16.7 Å². The van der Waals surface area contributed by atoms with Gasteiger partial charge in [0.25, 0.3) is 0 Å². The van der Waals surface area contributed by atoms with E-state index >= 15 is 0 Å². The average Bonchev–Trinajstić information content (AvgIpc) is 3.35. The van der Waals surface area contributed by atoms with E-state index in [1.54, 1.807) is 4.90 Å². The van der Waals surface area contributed by atoms with E-state index in [4.69, 9.17) is 23.2 Å². The summed E-state index contributed by atoms with van der Waals surface area (Å²) in [6, 6.07) is 5.92. The highest BCUT2D eigenvalue weighted by molar-refractivity contribution is 6.43. The predicted molar refractivity (Wildman–Crippen MR) is 159 cm³/mol. The molecule has 6 aliphatic rings. The minimum atomic E-state index is -0.244. The van der Waals surface area contributed by atoms with E-state index in [0.29, 0.717) is 28.4 Å². The molecule has 0 N–H and O–H groups in total. The third-order valence-electron chi connectivity index (χ3n) is 11.4. The van der Waals surface area contributed by atoms with Crippen molar-refractivity contribution in [2.45, 2.75) is 38.6 Å². The first kappa shape index (κ1) is 27.8. The Morgan fingerprint density at radius 1 is 0.902 bits per heavy atom. The number of anilines is 1. The molecule has 3 saturated carbocycles. The molecule has 8 nitrogen and oxygen atoms in total. The van der Waals surface area contributed by atoms with Crippen molar-refractivity contribution in [3.05, 3.63) is 28.2 Å². The molecule has 222 valence electrons. The van der Waals surface area contributed by atoms with Crippen LogP contribution in [-0.4, -0.2) is 103 Å². The number of fused-ring (bicyclic) bond motifs is 5. The first-order valence-corrected chi connectivity index (χ1v) is 16.3. The van der Waals surface area contributed by atoms with E-state index in [1.165, 1.54) is 0 Å². The molecule has 8 atom stereocenters. The smallest absolute Gasteiger partial charge is 0.320 e. The SMILES string of the molecule is CC1C2CC(C3C(=O)N(C[C@H]4C[C@@H]4CN4CCN(c5cccc(Cl)c5Cl)CC4)C(=O)C23)C1N(C)C(=O)N1CCCC1. The van der Waals surface area contributed by atoms with Crippen LogP contribution in [0.3, 0.4) is 0 Å². The lowest BCUT2D eigenvalue weighted by molar-refractivity contribution is -0.141. The molecule has 1 aromatic carbocycles. The lowest BCUT2D eigenvalue weighted by Crippen LogP contribution is -2.52. The van der Waals surface area contributed by atoms with Crippen LogP contribution in [0.15, 0.2) is 18.2 Å². The van der Waals surface area contributed by atoms with Crippen LogP contribution in [0.5, 0.6) is 0 Å². The fraction of sp³-hybridized carbons (Fsp3) is 0.710. The summed E-state index contributed by atoms with van der Waals surface area (Å²) >= 11 is 12.7. The van der Waals surface area contributed by atoms with Crippen LogP contribution in [0.1, 0.15) is 32.6 Å². The number of imide groups is 1. The predicted octanol–water partition coefficient (Wildman–Crippen LogP) is 4.15. The Hall–Kier alpha value is -2.03. The van der Waals surface area contributed by atoms with E-state index in [-0.39, 0.29) is 53.5 Å². The Morgan fingerprint density at radius 3 is 2.27 bits per heavy atom. The second-order valence-electron chi connectivity index (χ2n) is 13.5. The maximum atomic E-state index is 13.7. The van der Waals surface area contributed by atoms with Crippen molar-refractivity contribution < 1.29 is 14.4 Å². The molecular weight excluding hydrogens is 561 g/mol. The number of benzene rings is 1. The van der Waals surface area contributed by atoms with Gasteiger partial charge in [-0.1, -0.05) is 36.2 Å². The van der Waals surface area contributed by atoms with Crippen LogP contribution in [0.4, 0.5) is 10.5 Å². The third kappa shape index (κ3) is 4.63.